The first kappa shape index (κ1) is 19.3. The predicted molar refractivity (Wildman–Crippen MR) is 98.5 cm³/mol. The van der Waals surface area contributed by atoms with E-state index in [1.165, 1.54) is 12.1 Å². The van der Waals surface area contributed by atoms with Gasteiger partial charge in [0.15, 0.2) is 6.61 Å². The highest BCUT2D eigenvalue weighted by Gasteiger charge is 2.07. The van der Waals surface area contributed by atoms with Crippen LogP contribution in [0.4, 0.5) is 11.4 Å². The number of anilines is 2. The Morgan fingerprint density at radius 1 is 0.923 bits per heavy atom. The van der Waals surface area contributed by atoms with Gasteiger partial charge in [-0.15, -0.1) is 0 Å². The minimum Gasteiger partial charge on any atom is -0.484 e. The molecule has 3 N–H and O–H groups in total. The van der Waals surface area contributed by atoms with E-state index in [2.05, 4.69) is 15.4 Å². The van der Waals surface area contributed by atoms with Gasteiger partial charge in [-0.2, -0.15) is 0 Å². The third-order valence-electron chi connectivity index (χ3n) is 3.03. The second-order valence-electron chi connectivity index (χ2n) is 5.38. The summed E-state index contributed by atoms with van der Waals surface area (Å²) in [7, 11) is -3.35. The first-order chi connectivity index (χ1) is 12.3. The fraction of sp³-hybridized carbons (Fsp3) is 0.176. The van der Waals surface area contributed by atoms with Gasteiger partial charge in [-0.1, -0.05) is 18.2 Å². The highest BCUT2D eigenvalue weighted by Crippen LogP contribution is 2.14. The maximum atomic E-state index is 11.8. The number of amides is 2. The van der Waals surface area contributed by atoms with Crippen molar-refractivity contribution in [2.24, 2.45) is 0 Å². The Hall–Kier alpha value is -3.07. The zero-order valence-corrected chi connectivity index (χ0v) is 14.9. The highest BCUT2D eigenvalue weighted by atomic mass is 32.2. The topological polar surface area (TPSA) is 114 Å². The molecule has 0 aromatic heterocycles. The zero-order valence-electron chi connectivity index (χ0n) is 14.1. The molecule has 2 aromatic carbocycles. The van der Waals surface area contributed by atoms with E-state index in [0.29, 0.717) is 17.1 Å². The number of carbonyl (C=O) groups is 2. The van der Waals surface area contributed by atoms with Crippen LogP contribution in [-0.4, -0.2) is 39.6 Å². The predicted octanol–water partition coefficient (Wildman–Crippen LogP) is 1.19. The summed E-state index contributed by atoms with van der Waals surface area (Å²) in [5.41, 5.74) is 0.862. The molecule has 0 atom stereocenters. The summed E-state index contributed by atoms with van der Waals surface area (Å²) in [5.74, 6) is -0.270. The Labute approximate surface area is 151 Å². The van der Waals surface area contributed by atoms with Gasteiger partial charge in [0.25, 0.3) is 5.91 Å². The Morgan fingerprint density at radius 2 is 1.54 bits per heavy atom. The molecule has 0 heterocycles. The van der Waals surface area contributed by atoms with E-state index in [1.807, 2.05) is 6.07 Å². The lowest BCUT2D eigenvalue weighted by molar-refractivity contribution is -0.125. The molecule has 2 amide bonds. The number of nitrogens with one attached hydrogen (secondary N) is 3. The van der Waals surface area contributed by atoms with Crippen molar-refractivity contribution < 1.29 is 22.7 Å². The van der Waals surface area contributed by atoms with Gasteiger partial charge in [0.1, 0.15) is 5.75 Å². The van der Waals surface area contributed by atoms with Crippen LogP contribution in [0.2, 0.25) is 0 Å². The summed E-state index contributed by atoms with van der Waals surface area (Å²) < 4.78 is 29.8. The van der Waals surface area contributed by atoms with Gasteiger partial charge in [-0.3, -0.25) is 14.3 Å². The highest BCUT2D eigenvalue weighted by molar-refractivity contribution is 7.92. The molecule has 2 aromatic rings. The average molecular weight is 377 g/mol. The Balaban J connectivity index is 1.73. The monoisotopic (exact) mass is 377 g/mol. The molecule has 0 aliphatic carbocycles. The maximum absolute atomic E-state index is 11.8. The van der Waals surface area contributed by atoms with Crippen molar-refractivity contribution >= 4 is 33.2 Å². The zero-order chi connectivity index (χ0) is 19.0. The molecular formula is C17H19N3O5S. The van der Waals surface area contributed by atoms with Gasteiger partial charge < -0.3 is 15.4 Å². The van der Waals surface area contributed by atoms with Crippen LogP contribution in [0, 0.1) is 0 Å². The Bertz CT molecular complexity index is 852. The lowest BCUT2D eigenvalue weighted by atomic mass is 10.3. The van der Waals surface area contributed by atoms with E-state index in [0.717, 1.165) is 6.26 Å². The number of sulfonamides is 1. The first-order valence-electron chi connectivity index (χ1n) is 7.64. The standard InChI is InChI=1S/C17H19N3O5S/c1-26(23,24)20-14-9-7-13(8-10-14)19-16(21)11-18-17(22)12-25-15-5-3-2-4-6-15/h2-10,20H,11-12H2,1H3,(H,18,22)(H,19,21). The van der Waals surface area contributed by atoms with Gasteiger partial charge >= 0.3 is 0 Å². The van der Waals surface area contributed by atoms with E-state index in [-0.39, 0.29) is 13.2 Å². The molecule has 0 radical (unpaired) electrons. The average Bonchev–Trinajstić information content (AvgIpc) is 2.59. The summed E-state index contributed by atoms with van der Waals surface area (Å²) in [4.78, 5) is 23.5. The molecule has 0 saturated carbocycles. The van der Waals surface area contributed by atoms with Crippen molar-refractivity contribution in [2.75, 3.05) is 29.4 Å². The normalized spacial score (nSPS) is 10.7. The SMILES string of the molecule is CS(=O)(=O)Nc1ccc(NC(=O)CNC(=O)COc2ccccc2)cc1. The van der Waals surface area contributed by atoms with Crippen LogP contribution in [0.25, 0.3) is 0 Å². The summed E-state index contributed by atoms with van der Waals surface area (Å²) in [6.45, 7) is -0.399. The summed E-state index contributed by atoms with van der Waals surface area (Å²) >= 11 is 0. The second-order valence-corrected chi connectivity index (χ2v) is 7.13. The minimum absolute atomic E-state index is 0.191. The third-order valence-corrected chi connectivity index (χ3v) is 3.64. The molecule has 26 heavy (non-hydrogen) atoms. The van der Waals surface area contributed by atoms with Crippen LogP contribution in [0.3, 0.4) is 0 Å². The number of para-hydroxylation sites is 1. The fourth-order valence-electron chi connectivity index (χ4n) is 1.94. The number of carbonyl (C=O) groups excluding carboxylic acids is 2. The first-order valence-corrected chi connectivity index (χ1v) is 9.53. The van der Waals surface area contributed by atoms with Crippen LogP contribution < -0.4 is 20.1 Å². The van der Waals surface area contributed by atoms with Gasteiger partial charge in [0, 0.05) is 11.4 Å². The number of ether oxygens (including phenoxy) is 1. The molecule has 0 aliphatic rings. The number of hydrogen-bond acceptors (Lipinski definition) is 5. The van der Waals surface area contributed by atoms with Crippen LogP contribution in [-0.2, 0) is 19.6 Å². The molecule has 2 rings (SSSR count). The van der Waals surface area contributed by atoms with Crippen LogP contribution in [0.5, 0.6) is 5.75 Å². The van der Waals surface area contributed by atoms with E-state index in [1.54, 1.807) is 36.4 Å². The molecule has 0 bridgehead atoms. The third kappa shape index (κ3) is 7.22. The lowest BCUT2D eigenvalue weighted by Gasteiger charge is -2.09. The van der Waals surface area contributed by atoms with E-state index >= 15 is 0 Å². The Morgan fingerprint density at radius 3 is 2.15 bits per heavy atom. The van der Waals surface area contributed by atoms with Crippen molar-refractivity contribution in [1.29, 1.82) is 0 Å². The molecule has 0 unspecified atom stereocenters. The smallest absolute Gasteiger partial charge is 0.258 e. The fourth-order valence-corrected chi connectivity index (χ4v) is 2.50. The van der Waals surface area contributed by atoms with Crippen LogP contribution >= 0.6 is 0 Å². The van der Waals surface area contributed by atoms with Gasteiger partial charge in [0.2, 0.25) is 15.9 Å². The largest absolute Gasteiger partial charge is 0.484 e. The van der Waals surface area contributed by atoms with Gasteiger partial charge in [0.05, 0.1) is 12.8 Å². The number of rotatable bonds is 8. The minimum atomic E-state index is -3.35. The molecule has 0 spiro atoms. The van der Waals surface area contributed by atoms with Crippen molar-refractivity contribution in [3.63, 3.8) is 0 Å². The number of hydrogen-bond donors (Lipinski definition) is 3. The quantitative estimate of drug-likeness (QED) is 0.639. The summed E-state index contributed by atoms with van der Waals surface area (Å²) in [6, 6.07) is 15.0. The van der Waals surface area contributed by atoms with E-state index in [9.17, 15) is 18.0 Å². The van der Waals surface area contributed by atoms with Crippen molar-refractivity contribution in [3.05, 3.63) is 54.6 Å². The van der Waals surface area contributed by atoms with Crippen molar-refractivity contribution in [2.45, 2.75) is 0 Å². The molecule has 8 nitrogen and oxygen atoms in total. The van der Waals surface area contributed by atoms with Crippen molar-refractivity contribution in [1.82, 2.24) is 5.32 Å². The van der Waals surface area contributed by atoms with E-state index < -0.39 is 21.8 Å². The summed E-state index contributed by atoms with van der Waals surface area (Å²) in [5, 5.41) is 5.04. The summed E-state index contributed by atoms with van der Waals surface area (Å²) in [6.07, 6.45) is 1.05. The molecule has 0 fully saturated rings. The van der Waals surface area contributed by atoms with Crippen molar-refractivity contribution in [3.8, 4) is 5.75 Å². The molecule has 0 saturated heterocycles. The van der Waals surface area contributed by atoms with Crippen LogP contribution in [0.1, 0.15) is 0 Å². The number of benzene rings is 2. The van der Waals surface area contributed by atoms with Crippen LogP contribution in [0.15, 0.2) is 54.6 Å². The second kappa shape index (κ2) is 8.86. The molecule has 138 valence electrons. The Kier molecular flexibility index (Phi) is 6.56. The van der Waals surface area contributed by atoms with Gasteiger partial charge in [-0.05, 0) is 36.4 Å². The lowest BCUT2D eigenvalue weighted by Crippen LogP contribution is -2.35. The maximum Gasteiger partial charge on any atom is 0.258 e. The molecule has 0 aliphatic heterocycles. The van der Waals surface area contributed by atoms with E-state index in [4.69, 9.17) is 4.74 Å². The van der Waals surface area contributed by atoms with Gasteiger partial charge in [-0.25, -0.2) is 8.42 Å². The molecule has 9 heteroatoms. The molecular weight excluding hydrogens is 358 g/mol.